The summed E-state index contributed by atoms with van der Waals surface area (Å²) in [6.45, 7) is 3.48. The highest BCUT2D eigenvalue weighted by molar-refractivity contribution is 7.89. The summed E-state index contributed by atoms with van der Waals surface area (Å²) >= 11 is 0. The number of carbonyl (C=O) groups is 1. The molecule has 0 saturated heterocycles. The maximum absolute atomic E-state index is 13.0. The summed E-state index contributed by atoms with van der Waals surface area (Å²) in [5.41, 5.74) is -0.279. The molecule has 1 unspecified atom stereocenters. The Kier molecular flexibility index (Phi) is 6.87. The fourth-order valence-electron chi connectivity index (χ4n) is 3.06. The molecule has 168 valence electrons. The van der Waals surface area contributed by atoms with Gasteiger partial charge in [-0.25, -0.2) is 8.42 Å². The van der Waals surface area contributed by atoms with Crippen LogP contribution >= 0.6 is 0 Å². The van der Waals surface area contributed by atoms with Crippen LogP contribution in [0, 0.1) is 0 Å². The number of halogens is 3. The van der Waals surface area contributed by atoms with Crippen molar-refractivity contribution in [3.8, 4) is 0 Å². The minimum Gasteiger partial charge on any atom is -0.382 e. The van der Waals surface area contributed by atoms with E-state index in [1.54, 1.807) is 0 Å². The number of rotatable bonds is 7. The first-order valence-corrected chi connectivity index (χ1v) is 11.1. The lowest BCUT2D eigenvalue weighted by Gasteiger charge is -2.29. The average Bonchev–Trinajstić information content (AvgIpc) is 2.72. The molecule has 0 fully saturated rings. The van der Waals surface area contributed by atoms with Crippen LogP contribution in [0.4, 0.5) is 18.9 Å². The molecule has 0 radical (unpaired) electrons. The second-order valence-electron chi connectivity index (χ2n) is 6.84. The third-order valence-electron chi connectivity index (χ3n) is 4.63. The van der Waals surface area contributed by atoms with Crippen molar-refractivity contribution in [3.05, 3.63) is 59.2 Å². The second-order valence-corrected chi connectivity index (χ2v) is 8.52. The highest BCUT2D eigenvalue weighted by Crippen LogP contribution is 2.37. The molecule has 0 saturated carbocycles. The highest BCUT2D eigenvalue weighted by atomic mass is 32.2. The summed E-state index contributed by atoms with van der Waals surface area (Å²) in [4.78, 5) is 11.9. The van der Waals surface area contributed by atoms with Gasteiger partial charge in [-0.3, -0.25) is 4.79 Å². The number of amides is 1. The predicted molar refractivity (Wildman–Crippen MR) is 108 cm³/mol. The van der Waals surface area contributed by atoms with Crippen LogP contribution < -0.4 is 15.4 Å². The smallest absolute Gasteiger partial charge is 0.382 e. The molecule has 0 aliphatic carbocycles. The number of sulfonamides is 1. The summed E-state index contributed by atoms with van der Waals surface area (Å²) in [7, 11) is -4.02. The van der Waals surface area contributed by atoms with Crippen molar-refractivity contribution in [1.82, 2.24) is 10.0 Å². The van der Waals surface area contributed by atoms with E-state index in [-0.39, 0.29) is 16.5 Å². The standard InChI is InChI=1S/C20H22F3N3O4S/c1-2-30-11-3-10-24-19(27)14-6-4-13(5-7-14)18-25-16-12-15(20(21,22)23)8-9-17(16)31(28,29)26-18/h4-9,12,18,25-26H,2-3,10-11H2,1H3,(H,24,27). The Bertz CT molecular complexity index is 1040. The normalized spacial score (nSPS) is 17.5. The molecule has 0 bridgehead atoms. The summed E-state index contributed by atoms with van der Waals surface area (Å²) in [5.74, 6) is -0.291. The summed E-state index contributed by atoms with van der Waals surface area (Å²) in [6.07, 6.45) is -4.91. The minimum absolute atomic E-state index is 0.144. The van der Waals surface area contributed by atoms with Crippen molar-refractivity contribution in [2.24, 2.45) is 0 Å². The van der Waals surface area contributed by atoms with E-state index in [0.717, 1.165) is 18.2 Å². The van der Waals surface area contributed by atoms with E-state index in [2.05, 4.69) is 15.4 Å². The first kappa shape index (κ1) is 23.0. The van der Waals surface area contributed by atoms with Gasteiger partial charge in [-0.2, -0.15) is 17.9 Å². The van der Waals surface area contributed by atoms with Crippen LogP contribution in [0.15, 0.2) is 47.4 Å². The minimum atomic E-state index is -4.60. The van der Waals surface area contributed by atoms with Gasteiger partial charge in [0.25, 0.3) is 5.91 Å². The van der Waals surface area contributed by atoms with Crippen molar-refractivity contribution < 1.29 is 31.1 Å². The van der Waals surface area contributed by atoms with Gasteiger partial charge in [0.15, 0.2) is 0 Å². The van der Waals surface area contributed by atoms with E-state index in [1.165, 1.54) is 24.3 Å². The van der Waals surface area contributed by atoms with Crippen LogP contribution in [0.2, 0.25) is 0 Å². The topological polar surface area (TPSA) is 96.5 Å². The quantitative estimate of drug-likeness (QED) is 0.555. The van der Waals surface area contributed by atoms with Crippen LogP contribution in [0.5, 0.6) is 0 Å². The lowest BCUT2D eigenvalue weighted by Crippen LogP contribution is -2.38. The van der Waals surface area contributed by atoms with Crippen molar-refractivity contribution in [3.63, 3.8) is 0 Å². The highest BCUT2D eigenvalue weighted by Gasteiger charge is 2.35. The lowest BCUT2D eigenvalue weighted by molar-refractivity contribution is -0.137. The average molecular weight is 457 g/mol. The van der Waals surface area contributed by atoms with E-state index in [4.69, 9.17) is 4.74 Å². The van der Waals surface area contributed by atoms with Crippen LogP contribution in [-0.4, -0.2) is 34.1 Å². The van der Waals surface area contributed by atoms with Crippen LogP contribution in [0.1, 0.15) is 41.0 Å². The molecule has 2 aromatic carbocycles. The number of nitrogens with one attached hydrogen (secondary N) is 3. The Labute approximate surface area is 178 Å². The first-order valence-electron chi connectivity index (χ1n) is 9.58. The van der Waals surface area contributed by atoms with Crippen molar-refractivity contribution in [1.29, 1.82) is 0 Å². The summed E-state index contributed by atoms with van der Waals surface area (Å²) in [6, 6.07) is 8.52. The molecular weight excluding hydrogens is 435 g/mol. The van der Waals surface area contributed by atoms with E-state index in [1.807, 2.05) is 6.92 Å². The van der Waals surface area contributed by atoms with Gasteiger partial charge >= 0.3 is 6.18 Å². The van der Waals surface area contributed by atoms with Gasteiger partial charge in [-0.15, -0.1) is 0 Å². The first-order chi connectivity index (χ1) is 14.6. The number of ether oxygens (including phenoxy) is 1. The monoisotopic (exact) mass is 457 g/mol. The summed E-state index contributed by atoms with van der Waals surface area (Å²) in [5, 5.41) is 5.53. The van der Waals surface area contributed by atoms with Gasteiger partial charge < -0.3 is 15.4 Å². The SMILES string of the molecule is CCOCCCNC(=O)c1ccc(C2Nc3cc(C(F)(F)F)ccc3S(=O)(=O)N2)cc1. The van der Waals surface area contributed by atoms with E-state index in [9.17, 15) is 26.4 Å². The molecule has 1 heterocycles. The predicted octanol–water partition coefficient (Wildman–Crippen LogP) is 3.26. The van der Waals surface area contributed by atoms with Crippen molar-refractivity contribution >= 4 is 21.6 Å². The Morgan fingerprint density at radius 3 is 2.52 bits per heavy atom. The zero-order chi connectivity index (χ0) is 22.6. The number of benzene rings is 2. The number of hydrogen-bond donors (Lipinski definition) is 3. The Morgan fingerprint density at radius 2 is 1.87 bits per heavy atom. The van der Waals surface area contributed by atoms with E-state index < -0.39 is 27.9 Å². The Hall–Kier alpha value is -2.63. The van der Waals surface area contributed by atoms with Gasteiger partial charge in [0.2, 0.25) is 10.0 Å². The second kappa shape index (κ2) is 9.25. The molecule has 3 rings (SSSR count). The van der Waals surface area contributed by atoms with E-state index >= 15 is 0 Å². The summed E-state index contributed by atoms with van der Waals surface area (Å²) < 4.78 is 71.6. The van der Waals surface area contributed by atoms with E-state index in [0.29, 0.717) is 37.3 Å². The van der Waals surface area contributed by atoms with Gasteiger partial charge in [-0.05, 0) is 49.2 Å². The molecule has 1 amide bonds. The van der Waals surface area contributed by atoms with Gasteiger partial charge in [0, 0.05) is 25.3 Å². The maximum atomic E-state index is 13.0. The maximum Gasteiger partial charge on any atom is 0.416 e. The molecule has 2 aromatic rings. The number of fused-ring (bicyclic) bond motifs is 1. The van der Waals surface area contributed by atoms with Crippen LogP contribution in [-0.2, 0) is 20.9 Å². The van der Waals surface area contributed by atoms with Crippen molar-refractivity contribution in [2.75, 3.05) is 25.1 Å². The zero-order valence-electron chi connectivity index (χ0n) is 16.6. The molecule has 11 heteroatoms. The van der Waals surface area contributed by atoms with Crippen molar-refractivity contribution in [2.45, 2.75) is 30.6 Å². The van der Waals surface area contributed by atoms with Gasteiger partial charge in [0.1, 0.15) is 11.1 Å². The van der Waals surface area contributed by atoms with Gasteiger partial charge in [0.05, 0.1) is 11.3 Å². The number of carbonyl (C=O) groups excluding carboxylic acids is 1. The Morgan fingerprint density at radius 1 is 1.16 bits per heavy atom. The van der Waals surface area contributed by atoms with Crippen LogP contribution in [0.3, 0.4) is 0 Å². The molecule has 0 spiro atoms. The largest absolute Gasteiger partial charge is 0.416 e. The number of anilines is 1. The fourth-order valence-corrected chi connectivity index (χ4v) is 4.34. The molecule has 7 nitrogen and oxygen atoms in total. The van der Waals surface area contributed by atoms with Gasteiger partial charge in [-0.1, -0.05) is 12.1 Å². The number of hydrogen-bond acceptors (Lipinski definition) is 5. The molecule has 1 atom stereocenters. The molecule has 31 heavy (non-hydrogen) atoms. The Balaban J connectivity index is 1.73. The molecular formula is C20H22F3N3O4S. The third-order valence-corrected chi connectivity index (χ3v) is 6.11. The van der Waals surface area contributed by atoms with Crippen LogP contribution in [0.25, 0.3) is 0 Å². The molecule has 0 aromatic heterocycles. The lowest BCUT2D eigenvalue weighted by atomic mass is 10.1. The fraction of sp³-hybridized carbons (Fsp3) is 0.350. The molecule has 3 N–H and O–H groups in total. The third kappa shape index (κ3) is 5.54. The zero-order valence-corrected chi connectivity index (χ0v) is 17.4. The molecule has 1 aliphatic heterocycles. The number of alkyl halides is 3. The molecule has 1 aliphatic rings.